The Balaban J connectivity index is 0.000000791. The monoisotopic (exact) mass is 216 g/mol. The van der Waals surface area contributed by atoms with E-state index in [0.717, 1.165) is 0 Å². The van der Waals surface area contributed by atoms with Gasteiger partial charge in [-0.1, -0.05) is 12.1 Å². The van der Waals surface area contributed by atoms with Crippen LogP contribution in [0, 0.1) is 5.82 Å². The van der Waals surface area contributed by atoms with Crippen LogP contribution in [0.1, 0.15) is 5.56 Å². The molecule has 0 bridgehead atoms. The number of benzene rings is 1. The van der Waals surface area contributed by atoms with Crippen LogP contribution in [0.25, 0.3) is 0 Å². The Labute approximate surface area is 87.9 Å². The molecule has 1 rings (SSSR count). The van der Waals surface area contributed by atoms with Crippen LogP contribution in [0.15, 0.2) is 24.3 Å². The number of thiol groups is 1. The predicted octanol–water partition coefficient (Wildman–Crippen LogP) is 1.54. The Hall–Kier alpha value is -1.23. The molecule has 0 saturated heterocycles. The summed E-state index contributed by atoms with van der Waals surface area (Å²) in [5.74, 6) is -0.321. The maximum Gasteiger partial charge on any atom is 0.312 e. The van der Waals surface area contributed by atoms with Crippen LogP contribution in [-0.2, 0) is 6.54 Å². The number of nitrogens with two attached hydrogens (primary N) is 1. The average Bonchev–Trinajstić information content (AvgIpc) is 2.18. The SMILES string of the molecule is CS.NC(=O)NCc1cccc(F)c1. The van der Waals surface area contributed by atoms with Crippen molar-refractivity contribution in [3.63, 3.8) is 0 Å². The van der Waals surface area contributed by atoms with E-state index < -0.39 is 6.03 Å². The van der Waals surface area contributed by atoms with Gasteiger partial charge in [0.1, 0.15) is 5.82 Å². The molecule has 0 aliphatic carbocycles. The summed E-state index contributed by atoms with van der Waals surface area (Å²) < 4.78 is 12.5. The van der Waals surface area contributed by atoms with Gasteiger partial charge in [-0.3, -0.25) is 0 Å². The fraction of sp³-hybridized carbons (Fsp3) is 0.222. The van der Waals surface area contributed by atoms with E-state index in [1.54, 1.807) is 18.4 Å². The zero-order valence-electron chi connectivity index (χ0n) is 7.83. The number of carbonyl (C=O) groups is 1. The van der Waals surface area contributed by atoms with Crippen molar-refractivity contribution in [1.29, 1.82) is 0 Å². The highest BCUT2D eigenvalue weighted by molar-refractivity contribution is 7.79. The van der Waals surface area contributed by atoms with Gasteiger partial charge >= 0.3 is 6.03 Å². The molecule has 0 unspecified atom stereocenters. The maximum absolute atomic E-state index is 12.5. The normalized spacial score (nSPS) is 8.50. The molecule has 1 aromatic rings. The molecule has 0 aliphatic heterocycles. The summed E-state index contributed by atoms with van der Waals surface area (Å²) in [6.07, 6.45) is 1.69. The van der Waals surface area contributed by atoms with Crippen molar-refractivity contribution in [3.05, 3.63) is 35.6 Å². The summed E-state index contributed by atoms with van der Waals surface area (Å²) in [6.45, 7) is 0.257. The minimum Gasteiger partial charge on any atom is -0.352 e. The van der Waals surface area contributed by atoms with Crippen LogP contribution >= 0.6 is 12.6 Å². The molecule has 78 valence electrons. The van der Waals surface area contributed by atoms with Crippen LogP contribution in [0.5, 0.6) is 0 Å². The summed E-state index contributed by atoms with van der Waals surface area (Å²) >= 11 is 3.53. The fourth-order valence-corrected chi connectivity index (χ4v) is 0.836. The molecule has 0 spiro atoms. The number of carbonyl (C=O) groups excluding carboxylic acids is 1. The zero-order chi connectivity index (χ0) is 11.0. The number of rotatable bonds is 2. The second-order valence-corrected chi connectivity index (χ2v) is 2.35. The molecular formula is C9H13FN2OS. The fourth-order valence-electron chi connectivity index (χ4n) is 0.836. The Bertz CT molecular complexity index is 294. The highest BCUT2D eigenvalue weighted by Gasteiger charge is 1.95. The summed E-state index contributed by atoms with van der Waals surface area (Å²) in [4.78, 5) is 10.3. The van der Waals surface area contributed by atoms with Crippen LogP contribution in [0.2, 0.25) is 0 Å². The van der Waals surface area contributed by atoms with E-state index in [4.69, 9.17) is 5.73 Å². The molecule has 0 saturated carbocycles. The van der Waals surface area contributed by atoms with Crippen molar-refractivity contribution in [1.82, 2.24) is 5.32 Å². The zero-order valence-corrected chi connectivity index (χ0v) is 8.72. The first-order chi connectivity index (χ1) is 6.68. The van der Waals surface area contributed by atoms with Gasteiger partial charge in [-0.25, -0.2) is 9.18 Å². The second-order valence-electron chi connectivity index (χ2n) is 2.35. The third-order valence-electron chi connectivity index (χ3n) is 1.36. The lowest BCUT2D eigenvalue weighted by atomic mass is 10.2. The first kappa shape index (κ1) is 12.8. The second kappa shape index (κ2) is 7.20. The van der Waals surface area contributed by atoms with E-state index in [2.05, 4.69) is 17.9 Å². The quantitative estimate of drug-likeness (QED) is 0.645. The lowest BCUT2D eigenvalue weighted by molar-refractivity contribution is 0.248. The minimum absolute atomic E-state index is 0.257. The Morgan fingerprint density at radius 1 is 1.57 bits per heavy atom. The molecule has 2 amide bonds. The minimum atomic E-state index is -0.612. The predicted molar refractivity (Wildman–Crippen MR) is 57.7 cm³/mol. The summed E-state index contributed by atoms with van der Waals surface area (Å²) in [5.41, 5.74) is 5.52. The molecule has 0 heterocycles. The van der Waals surface area contributed by atoms with Gasteiger partial charge in [0.05, 0.1) is 0 Å². The van der Waals surface area contributed by atoms with E-state index >= 15 is 0 Å². The molecule has 0 fully saturated rings. The van der Waals surface area contributed by atoms with Crippen LogP contribution in [0.4, 0.5) is 9.18 Å². The van der Waals surface area contributed by atoms with Crippen molar-refractivity contribution < 1.29 is 9.18 Å². The number of hydrogen-bond acceptors (Lipinski definition) is 2. The van der Waals surface area contributed by atoms with Gasteiger partial charge in [0.2, 0.25) is 0 Å². The molecular weight excluding hydrogens is 203 g/mol. The van der Waals surface area contributed by atoms with E-state index in [9.17, 15) is 9.18 Å². The number of urea groups is 1. The highest BCUT2D eigenvalue weighted by Crippen LogP contribution is 2.02. The first-order valence-electron chi connectivity index (χ1n) is 3.91. The van der Waals surface area contributed by atoms with Crippen molar-refractivity contribution >= 4 is 18.7 Å². The van der Waals surface area contributed by atoms with Gasteiger partial charge < -0.3 is 11.1 Å². The number of primary amides is 1. The van der Waals surface area contributed by atoms with Crippen molar-refractivity contribution in [2.24, 2.45) is 5.73 Å². The van der Waals surface area contributed by atoms with E-state index in [1.165, 1.54) is 12.1 Å². The third-order valence-corrected chi connectivity index (χ3v) is 1.36. The van der Waals surface area contributed by atoms with Crippen molar-refractivity contribution in [3.8, 4) is 0 Å². The molecule has 0 aromatic heterocycles. The van der Waals surface area contributed by atoms with Gasteiger partial charge in [0, 0.05) is 6.54 Å². The molecule has 3 N–H and O–H groups in total. The third kappa shape index (κ3) is 5.42. The molecule has 0 aliphatic rings. The van der Waals surface area contributed by atoms with Crippen LogP contribution in [0.3, 0.4) is 0 Å². The van der Waals surface area contributed by atoms with Gasteiger partial charge in [-0.2, -0.15) is 12.6 Å². The standard InChI is InChI=1S/C8H9FN2O.CH4S/c9-7-3-1-2-6(4-7)5-11-8(10)12;1-2/h1-4H,5H2,(H3,10,11,12);2H,1H3. The summed E-state index contributed by atoms with van der Waals surface area (Å²) in [6, 6.07) is 5.36. The molecule has 0 radical (unpaired) electrons. The van der Waals surface area contributed by atoms with Gasteiger partial charge in [-0.05, 0) is 24.0 Å². The van der Waals surface area contributed by atoms with E-state index in [0.29, 0.717) is 5.56 Å². The van der Waals surface area contributed by atoms with Crippen LogP contribution < -0.4 is 11.1 Å². The lowest BCUT2D eigenvalue weighted by Crippen LogP contribution is -2.28. The average molecular weight is 216 g/mol. The Morgan fingerprint density at radius 2 is 2.21 bits per heavy atom. The van der Waals surface area contributed by atoms with Crippen LogP contribution in [-0.4, -0.2) is 12.3 Å². The van der Waals surface area contributed by atoms with Gasteiger partial charge in [0.15, 0.2) is 0 Å². The number of nitrogens with one attached hydrogen (secondary N) is 1. The number of halogens is 1. The molecule has 0 atom stereocenters. The number of amides is 2. The summed E-state index contributed by atoms with van der Waals surface area (Å²) in [7, 11) is 0. The van der Waals surface area contributed by atoms with Gasteiger partial charge in [0.25, 0.3) is 0 Å². The smallest absolute Gasteiger partial charge is 0.312 e. The largest absolute Gasteiger partial charge is 0.352 e. The van der Waals surface area contributed by atoms with Crippen molar-refractivity contribution in [2.75, 3.05) is 6.26 Å². The molecule has 3 nitrogen and oxygen atoms in total. The topological polar surface area (TPSA) is 55.1 Å². The van der Waals surface area contributed by atoms with Crippen molar-refractivity contribution in [2.45, 2.75) is 6.54 Å². The van der Waals surface area contributed by atoms with E-state index in [1.807, 2.05) is 0 Å². The van der Waals surface area contributed by atoms with E-state index in [-0.39, 0.29) is 12.4 Å². The lowest BCUT2D eigenvalue weighted by Gasteiger charge is -2.00. The highest BCUT2D eigenvalue weighted by atomic mass is 32.1. The summed E-state index contributed by atoms with van der Waals surface area (Å²) in [5, 5.41) is 2.36. The van der Waals surface area contributed by atoms with Gasteiger partial charge in [-0.15, -0.1) is 0 Å². The first-order valence-corrected chi connectivity index (χ1v) is 4.80. The number of hydrogen-bond donors (Lipinski definition) is 3. The maximum atomic E-state index is 12.5. The molecule has 14 heavy (non-hydrogen) atoms. The Kier molecular flexibility index (Phi) is 6.57. The Morgan fingerprint density at radius 3 is 2.71 bits per heavy atom. The molecule has 1 aromatic carbocycles. The molecule has 5 heteroatoms.